The van der Waals surface area contributed by atoms with Gasteiger partial charge in [-0.25, -0.2) is 17.6 Å². The third-order valence-corrected chi connectivity index (χ3v) is 7.49. The molecule has 12 heteroatoms. The fraction of sp³-hybridized carbons (Fsp3) is 0.421. The number of carbonyl (C=O) groups excluding carboxylic acids is 1. The van der Waals surface area contributed by atoms with E-state index in [2.05, 4.69) is 0 Å². The SMILES string of the molecule is C[C@@H](C(=O)c1c(N)n(C)c(=O)n(C)c1=O)N1CCN(S(=O)(=O)c2cccc(F)c2)CC1. The Balaban J connectivity index is 1.78. The maximum atomic E-state index is 13.4. The Morgan fingerprint density at radius 2 is 1.71 bits per heavy atom. The predicted octanol–water partition coefficient (Wildman–Crippen LogP) is -0.617. The second-order valence-corrected chi connectivity index (χ2v) is 9.34. The Bertz CT molecular complexity index is 1250. The van der Waals surface area contributed by atoms with Gasteiger partial charge in [0.15, 0.2) is 5.78 Å². The highest BCUT2D eigenvalue weighted by Gasteiger charge is 2.34. The van der Waals surface area contributed by atoms with Crippen molar-refractivity contribution in [2.75, 3.05) is 31.9 Å². The number of Topliss-reactive ketones (excluding diaryl/α,β-unsaturated/α-hetero) is 1. The van der Waals surface area contributed by atoms with E-state index in [1.54, 1.807) is 11.8 Å². The lowest BCUT2D eigenvalue weighted by Crippen LogP contribution is -2.54. The van der Waals surface area contributed by atoms with E-state index < -0.39 is 38.9 Å². The Hall–Kier alpha value is -2.83. The monoisotopic (exact) mass is 453 g/mol. The summed E-state index contributed by atoms with van der Waals surface area (Å²) >= 11 is 0. The Morgan fingerprint density at radius 1 is 1.10 bits per heavy atom. The lowest BCUT2D eigenvalue weighted by atomic mass is 10.1. The van der Waals surface area contributed by atoms with Gasteiger partial charge in [0.05, 0.1) is 10.9 Å². The first-order valence-corrected chi connectivity index (χ1v) is 11.0. The molecule has 0 saturated carbocycles. The molecule has 31 heavy (non-hydrogen) atoms. The second kappa shape index (κ2) is 8.36. The molecule has 1 aromatic carbocycles. The summed E-state index contributed by atoms with van der Waals surface area (Å²) in [5, 5.41) is 0. The maximum Gasteiger partial charge on any atom is 0.332 e. The molecular weight excluding hydrogens is 429 g/mol. The number of ketones is 1. The van der Waals surface area contributed by atoms with Gasteiger partial charge in [0.2, 0.25) is 10.0 Å². The van der Waals surface area contributed by atoms with Crippen LogP contribution >= 0.6 is 0 Å². The number of hydrogen-bond acceptors (Lipinski definition) is 7. The van der Waals surface area contributed by atoms with Gasteiger partial charge in [0, 0.05) is 40.3 Å². The quantitative estimate of drug-likeness (QED) is 0.598. The Kier molecular flexibility index (Phi) is 6.16. The maximum absolute atomic E-state index is 13.4. The zero-order chi connectivity index (χ0) is 23.1. The summed E-state index contributed by atoms with van der Waals surface area (Å²) in [5.41, 5.74) is 4.19. The zero-order valence-electron chi connectivity index (χ0n) is 17.4. The summed E-state index contributed by atoms with van der Waals surface area (Å²) in [6.07, 6.45) is 0. The molecule has 0 amide bonds. The van der Waals surface area contributed by atoms with Gasteiger partial charge in [0.25, 0.3) is 5.56 Å². The van der Waals surface area contributed by atoms with Gasteiger partial charge in [-0.3, -0.25) is 23.6 Å². The molecule has 168 valence electrons. The van der Waals surface area contributed by atoms with Crippen molar-refractivity contribution in [1.82, 2.24) is 18.3 Å². The molecule has 3 rings (SSSR count). The first kappa shape index (κ1) is 22.8. The van der Waals surface area contributed by atoms with Crippen LogP contribution in [0, 0.1) is 5.82 Å². The van der Waals surface area contributed by atoms with Gasteiger partial charge in [0.1, 0.15) is 17.2 Å². The Labute approximate surface area is 178 Å². The number of rotatable bonds is 5. The molecular formula is C19H24FN5O5S. The van der Waals surface area contributed by atoms with Gasteiger partial charge in [-0.1, -0.05) is 6.07 Å². The molecule has 1 fully saturated rings. The minimum Gasteiger partial charge on any atom is -0.384 e. The molecule has 0 aliphatic carbocycles. The number of benzene rings is 1. The van der Waals surface area contributed by atoms with Crippen LogP contribution in [0.3, 0.4) is 0 Å². The predicted molar refractivity (Wildman–Crippen MR) is 112 cm³/mol. The molecule has 2 aromatic rings. The van der Waals surface area contributed by atoms with Crippen molar-refractivity contribution in [2.24, 2.45) is 14.1 Å². The first-order valence-electron chi connectivity index (χ1n) is 9.56. The van der Waals surface area contributed by atoms with Crippen LogP contribution in [-0.2, 0) is 24.1 Å². The standard InChI is InChI=1S/C19H24FN5O5S/c1-12(16(26)15-17(21)22(2)19(28)23(3)18(15)27)24-7-9-25(10-8-24)31(29,30)14-6-4-5-13(20)11-14/h4-6,11-12H,7-10,21H2,1-3H3/t12-/m0/s1. The molecule has 0 unspecified atom stereocenters. The molecule has 10 nitrogen and oxygen atoms in total. The summed E-state index contributed by atoms with van der Waals surface area (Å²) in [7, 11) is -1.23. The highest BCUT2D eigenvalue weighted by molar-refractivity contribution is 7.89. The summed E-state index contributed by atoms with van der Waals surface area (Å²) in [4.78, 5) is 39.1. The lowest BCUT2D eigenvalue weighted by Gasteiger charge is -2.36. The topological polar surface area (TPSA) is 128 Å². The third-order valence-electron chi connectivity index (χ3n) is 5.59. The number of halogens is 1. The summed E-state index contributed by atoms with van der Waals surface area (Å²) in [6.45, 7) is 2.25. The highest BCUT2D eigenvalue weighted by Crippen LogP contribution is 2.20. The van der Waals surface area contributed by atoms with Crippen molar-refractivity contribution >= 4 is 21.6 Å². The molecule has 0 spiro atoms. The molecule has 1 aliphatic rings. The molecule has 0 radical (unpaired) electrons. The number of carbonyl (C=O) groups is 1. The fourth-order valence-corrected chi connectivity index (χ4v) is 5.03. The van der Waals surface area contributed by atoms with Gasteiger partial charge < -0.3 is 5.73 Å². The van der Waals surface area contributed by atoms with E-state index in [9.17, 15) is 27.2 Å². The van der Waals surface area contributed by atoms with E-state index in [1.165, 1.54) is 36.6 Å². The largest absolute Gasteiger partial charge is 0.384 e. The van der Waals surface area contributed by atoms with Gasteiger partial charge in [-0.2, -0.15) is 4.31 Å². The average Bonchev–Trinajstić information content (AvgIpc) is 2.76. The second-order valence-electron chi connectivity index (χ2n) is 7.40. The van der Waals surface area contributed by atoms with E-state index in [0.29, 0.717) is 0 Å². The van der Waals surface area contributed by atoms with Crippen LogP contribution in [0.2, 0.25) is 0 Å². The average molecular weight is 453 g/mol. The van der Waals surface area contributed by atoms with Crippen molar-refractivity contribution in [3.05, 3.63) is 56.5 Å². The lowest BCUT2D eigenvalue weighted by molar-refractivity contribution is 0.0780. The Morgan fingerprint density at radius 3 is 2.29 bits per heavy atom. The number of nitrogens with two attached hydrogens (primary N) is 1. The number of aromatic nitrogens is 2. The number of anilines is 1. The van der Waals surface area contributed by atoms with Crippen molar-refractivity contribution in [3.8, 4) is 0 Å². The number of piperazine rings is 1. The van der Waals surface area contributed by atoms with E-state index in [-0.39, 0.29) is 42.5 Å². The van der Waals surface area contributed by atoms with Crippen LogP contribution in [0.25, 0.3) is 0 Å². The van der Waals surface area contributed by atoms with Crippen LogP contribution in [0.1, 0.15) is 17.3 Å². The third kappa shape index (κ3) is 4.05. The van der Waals surface area contributed by atoms with Crippen molar-refractivity contribution in [1.29, 1.82) is 0 Å². The normalized spacial score (nSPS) is 16.9. The van der Waals surface area contributed by atoms with E-state index in [1.807, 2.05) is 0 Å². The van der Waals surface area contributed by atoms with Crippen LogP contribution in [-0.4, -0.2) is 64.8 Å². The van der Waals surface area contributed by atoms with Crippen molar-refractivity contribution in [2.45, 2.75) is 17.9 Å². The number of sulfonamides is 1. The zero-order valence-corrected chi connectivity index (χ0v) is 18.2. The molecule has 1 aromatic heterocycles. The fourth-order valence-electron chi connectivity index (χ4n) is 3.57. The smallest absolute Gasteiger partial charge is 0.332 e. The van der Waals surface area contributed by atoms with Gasteiger partial charge in [-0.15, -0.1) is 0 Å². The van der Waals surface area contributed by atoms with Crippen LogP contribution < -0.4 is 17.0 Å². The van der Waals surface area contributed by atoms with Crippen molar-refractivity contribution < 1.29 is 17.6 Å². The summed E-state index contributed by atoms with van der Waals surface area (Å²) in [5.74, 6) is -1.40. The van der Waals surface area contributed by atoms with Crippen LogP contribution in [0.5, 0.6) is 0 Å². The molecule has 1 atom stereocenters. The summed E-state index contributed by atoms with van der Waals surface area (Å²) < 4.78 is 42.0. The number of hydrogen-bond donors (Lipinski definition) is 1. The molecule has 2 heterocycles. The minimum atomic E-state index is -3.87. The van der Waals surface area contributed by atoms with E-state index >= 15 is 0 Å². The highest BCUT2D eigenvalue weighted by atomic mass is 32.2. The van der Waals surface area contributed by atoms with E-state index in [0.717, 1.165) is 15.2 Å². The van der Waals surface area contributed by atoms with E-state index in [4.69, 9.17) is 5.73 Å². The molecule has 0 bridgehead atoms. The van der Waals surface area contributed by atoms with Crippen molar-refractivity contribution in [3.63, 3.8) is 0 Å². The van der Waals surface area contributed by atoms with Gasteiger partial charge in [-0.05, 0) is 25.1 Å². The van der Waals surface area contributed by atoms with Crippen LogP contribution in [0.4, 0.5) is 10.2 Å². The number of nitrogens with zero attached hydrogens (tertiary/aromatic N) is 4. The first-order chi connectivity index (χ1) is 14.5. The molecule has 2 N–H and O–H groups in total. The summed E-state index contributed by atoms with van der Waals surface area (Å²) in [6, 6.07) is 4.03. The molecule has 1 aliphatic heterocycles. The number of nitrogen functional groups attached to an aromatic ring is 1. The minimum absolute atomic E-state index is 0.0945. The van der Waals surface area contributed by atoms with Crippen LogP contribution in [0.15, 0.2) is 38.8 Å². The van der Waals surface area contributed by atoms with Gasteiger partial charge >= 0.3 is 5.69 Å². The molecule has 1 saturated heterocycles.